The van der Waals surface area contributed by atoms with Gasteiger partial charge in [0.2, 0.25) is 0 Å². The van der Waals surface area contributed by atoms with Crippen molar-refractivity contribution in [3.05, 3.63) is 44.6 Å². The number of fused-ring (bicyclic) bond motifs is 1. The van der Waals surface area contributed by atoms with Crippen molar-refractivity contribution in [2.24, 2.45) is 0 Å². The molecule has 0 saturated heterocycles. The van der Waals surface area contributed by atoms with E-state index in [1.54, 1.807) is 12.1 Å². The highest BCUT2D eigenvalue weighted by Crippen LogP contribution is 2.07. The van der Waals surface area contributed by atoms with E-state index in [2.05, 4.69) is 4.98 Å². The summed E-state index contributed by atoms with van der Waals surface area (Å²) in [5.74, 6) is 0. The molecule has 0 spiro atoms. The Morgan fingerprint density at radius 2 is 2.12 bits per heavy atom. The second kappa shape index (κ2) is 3.77. The summed E-state index contributed by atoms with van der Waals surface area (Å²) >= 11 is 0. The van der Waals surface area contributed by atoms with Crippen LogP contribution in [0.2, 0.25) is 0 Å². The van der Waals surface area contributed by atoms with Crippen LogP contribution in [0.1, 0.15) is 5.56 Å². The van der Waals surface area contributed by atoms with Crippen molar-refractivity contribution in [3.63, 3.8) is 0 Å². The molecule has 0 aliphatic carbocycles. The van der Waals surface area contributed by atoms with Crippen LogP contribution in [-0.2, 0) is 11.3 Å². The second-order valence-corrected chi connectivity index (χ2v) is 3.56. The molecule has 0 bridgehead atoms. The molecule has 2 aromatic rings. The number of nitrogens with zero attached hydrogens (tertiary/aromatic N) is 1. The van der Waals surface area contributed by atoms with E-state index < -0.39 is 11.2 Å². The van der Waals surface area contributed by atoms with Crippen molar-refractivity contribution in [1.29, 1.82) is 0 Å². The zero-order valence-electron chi connectivity index (χ0n) is 8.69. The van der Waals surface area contributed by atoms with Crippen molar-refractivity contribution in [3.8, 4) is 0 Å². The largest absolute Gasteiger partial charge is 0.329 e. The average Bonchev–Trinajstić information content (AvgIpc) is 2.26. The maximum atomic E-state index is 11.9. The highest BCUT2D eigenvalue weighted by Gasteiger charge is 2.06. The molecule has 0 atom stereocenters. The smallest absolute Gasteiger partial charge is 0.307 e. The van der Waals surface area contributed by atoms with E-state index in [1.165, 1.54) is 0 Å². The van der Waals surface area contributed by atoms with Crippen LogP contribution in [0.15, 0.2) is 27.8 Å². The number of benzene rings is 1. The summed E-state index contributed by atoms with van der Waals surface area (Å²) in [6.07, 6.45) is 0.526. The van der Waals surface area contributed by atoms with Gasteiger partial charge in [0.25, 0.3) is 5.56 Å². The van der Waals surface area contributed by atoms with Crippen molar-refractivity contribution in [1.82, 2.24) is 9.55 Å². The normalized spacial score (nSPS) is 10.6. The first kappa shape index (κ1) is 10.4. The lowest BCUT2D eigenvalue weighted by Crippen LogP contribution is -2.35. The van der Waals surface area contributed by atoms with Gasteiger partial charge in [-0.2, -0.15) is 0 Å². The van der Waals surface area contributed by atoms with E-state index in [1.807, 2.05) is 13.0 Å². The van der Waals surface area contributed by atoms with E-state index >= 15 is 0 Å². The van der Waals surface area contributed by atoms with E-state index in [0.29, 0.717) is 17.2 Å². The van der Waals surface area contributed by atoms with Gasteiger partial charge in [-0.1, -0.05) is 11.6 Å². The van der Waals surface area contributed by atoms with Crippen LogP contribution in [0.3, 0.4) is 0 Å². The number of aromatic nitrogens is 2. The van der Waals surface area contributed by atoms with E-state index in [0.717, 1.165) is 10.1 Å². The fourth-order valence-corrected chi connectivity index (χ4v) is 1.60. The van der Waals surface area contributed by atoms with Gasteiger partial charge in [-0.05, 0) is 19.1 Å². The van der Waals surface area contributed by atoms with E-state index in [9.17, 15) is 14.4 Å². The molecule has 0 aliphatic rings. The summed E-state index contributed by atoms with van der Waals surface area (Å²) < 4.78 is 0.884. The number of hydrogen-bond acceptors (Lipinski definition) is 3. The van der Waals surface area contributed by atoms with Crippen LogP contribution in [0.25, 0.3) is 10.9 Å². The van der Waals surface area contributed by atoms with Crippen LogP contribution in [-0.4, -0.2) is 15.8 Å². The molecule has 5 nitrogen and oxygen atoms in total. The first-order chi connectivity index (χ1) is 7.63. The third-order valence-corrected chi connectivity index (χ3v) is 2.39. The monoisotopic (exact) mass is 218 g/mol. The third kappa shape index (κ3) is 1.56. The first-order valence-corrected chi connectivity index (χ1v) is 4.80. The van der Waals surface area contributed by atoms with Gasteiger partial charge in [0.05, 0.1) is 17.4 Å². The molecule has 1 aromatic carbocycles. The average molecular weight is 218 g/mol. The number of aldehydes is 1. The van der Waals surface area contributed by atoms with E-state index in [-0.39, 0.29) is 6.54 Å². The molecule has 1 N–H and O–H groups in total. The van der Waals surface area contributed by atoms with Crippen molar-refractivity contribution in [2.45, 2.75) is 13.5 Å². The Balaban J connectivity index is 2.90. The molecule has 0 saturated carbocycles. The Hall–Kier alpha value is -2.17. The van der Waals surface area contributed by atoms with Gasteiger partial charge in [-0.15, -0.1) is 0 Å². The molecular weight excluding hydrogens is 208 g/mol. The van der Waals surface area contributed by atoms with Crippen molar-refractivity contribution >= 4 is 17.2 Å². The van der Waals surface area contributed by atoms with Crippen LogP contribution < -0.4 is 11.2 Å². The molecule has 5 heteroatoms. The van der Waals surface area contributed by atoms with Gasteiger partial charge in [0.1, 0.15) is 6.29 Å². The van der Waals surface area contributed by atoms with Gasteiger partial charge >= 0.3 is 5.69 Å². The van der Waals surface area contributed by atoms with Gasteiger partial charge in [-0.25, -0.2) is 4.79 Å². The standard InChI is InChI=1S/C11H10N2O3/c1-7-2-3-9-8(6-7)10(15)13(4-5-14)11(16)12-9/h2-3,5-6H,4H2,1H3,(H,12,16). The number of aryl methyl sites for hydroxylation is 1. The summed E-state index contributed by atoms with van der Waals surface area (Å²) in [5, 5.41) is 0.418. The number of carbonyl (C=O) groups excluding carboxylic acids is 1. The lowest BCUT2D eigenvalue weighted by Gasteiger charge is -2.03. The molecule has 82 valence electrons. The zero-order valence-corrected chi connectivity index (χ0v) is 8.69. The lowest BCUT2D eigenvalue weighted by molar-refractivity contribution is -0.108. The number of nitrogens with one attached hydrogen (secondary N) is 1. The maximum absolute atomic E-state index is 11.9. The van der Waals surface area contributed by atoms with Crippen LogP contribution in [0.4, 0.5) is 0 Å². The fourth-order valence-electron chi connectivity index (χ4n) is 1.60. The van der Waals surface area contributed by atoms with E-state index in [4.69, 9.17) is 0 Å². The summed E-state index contributed by atoms with van der Waals surface area (Å²) in [6.45, 7) is 1.63. The van der Waals surface area contributed by atoms with Gasteiger partial charge in [-0.3, -0.25) is 9.36 Å². The predicted molar refractivity (Wildman–Crippen MR) is 59.6 cm³/mol. The molecule has 0 unspecified atom stereocenters. The summed E-state index contributed by atoms with van der Waals surface area (Å²) in [4.78, 5) is 36.3. The molecule has 0 radical (unpaired) electrons. The molecule has 16 heavy (non-hydrogen) atoms. The number of rotatable bonds is 2. The Labute approximate surface area is 90.3 Å². The topological polar surface area (TPSA) is 71.9 Å². The number of carbonyl (C=O) groups is 1. The Kier molecular flexibility index (Phi) is 2.44. The van der Waals surface area contributed by atoms with Gasteiger partial charge < -0.3 is 9.78 Å². The van der Waals surface area contributed by atoms with Crippen molar-refractivity contribution < 1.29 is 4.79 Å². The lowest BCUT2D eigenvalue weighted by atomic mass is 10.2. The molecule has 2 rings (SSSR count). The summed E-state index contributed by atoms with van der Waals surface area (Å²) in [5.41, 5.74) is 0.417. The molecule has 0 amide bonds. The number of H-pyrrole nitrogens is 1. The Bertz CT molecular complexity index is 667. The fraction of sp³-hybridized carbons (Fsp3) is 0.182. The molecular formula is C11H10N2O3. The zero-order chi connectivity index (χ0) is 11.7. The van der Waals surface area contributed by atoms with Crippen LogP contribution in [0, 0.1) is 6.92 Å². The van der Waals surface area contributed by atoms with Gasteiger partial charge in [0.15, 0.2) is 0 Å². The molecule has 1 aromatic heterocycles. The second-order valence-electron chi connectivity index (χ2n) is 3.56. The van der Waals surface area contributed by atoms with Gasteiger partial charge in [0, 0.05) is 0 Å². The minimum absolute atomic E-state index is 0.224. The third-order valence-electron chi connectivity index (χ3n) is 2.39. The predicted octanol–water partition coefficient (Wildman–Crippen LogP) is 0.197. The Morgan fingerprint density at radius 3 is 2.81 bits per heavy atom. The highest BCUT2D eigenvalue weighted by atomic mass is 16.2. The molecule has 1 heterocycles. The summed E-state index contributed by atoms with van der Waals surface area (Å²) in [7, 11) is 0. The van der Waals surface area contributed by atoms with Crippen molar-refractivity contribution in [2.75, 3.05) is 0 Å². The maximum Gasteiger partial charge on any atom is 0.329 e. The highest BCUT2D eigenvalue weighted by molar-refractivity contribution is 5.78. The minimum Gasteiger partial charge on any atom is -0.307 e. The Morgan fingerprint density at radius 1 is 1.38 bits per heavy atom. The minimum atomic E-state index is -0.562. The van der Waals surface area contributed by atoms with Crippen LogP contribution in [0.5, 0.6) is 0 Å². The molecule has 0 aliphatic heterocycles. The first-order valence-electron chi connectivity index (χ1n) is 4.80. The summed E-state index contributed by atoms with van der Waals surface area (Å²) in [6, 6.07) is 5.18. The molecule has 0 fully saturated rings. The number of hydrogen-bond donors (Lipinski definition) is 1. The van der Waals surface area contributed by atoms with Crippen LogP contribution >= 0.6 is 0 Å². The SMILES string of the molecule is Cc1ccc2[nH]c(=O)n(CC=O)c(=O)c2c1. The number of aromatic amines is 1. The quantitative estimate of drug-likeness (QED) is 0.732.